The molecule has 3 nitrogen and oxygen atoms in total. The SMILES string of the molecule is C=CC(Oc1ccc(C)cc1)C(Cc1ccc(F)cc1)C(C)OCc1ccc(OC)cc1. The van der Waals surface area contributed by atoms with Crippen LogP contribution in [0.1, 0.15) is 23.6 Å². The summed E-state index contributed by atoms with van der Waals surface area (Å²) < 4.78 is 31.2. The van der Waals surface area contributed by atoms with Crippen LogP contribution in [0.4, 0.5) is 4.39 Å². The Morgan fingerprint density at radius 1 is 0.875 bits per heavy atom. The van der Waals surface area contributed by atoms with E-state index in [9.17, 15) is 4.39 Å². The highest BCUT2D eigenvalue weighted by Gasteiger charge is 2.28. The summed E-state index contributed by atoms with van der Waals surface area (Å²) in [5, 5.41) is 0. The number of methoxy groups -OCH3 is 1. The third-order valence-corrected chi connectivity index (χ3v) is 5.61. The van der Waals surface area contributed by atoms with E-state index in [4.69, 9.17) is 14.2 Å². The molecule has 0 bridgehead atoms. The first-order chi connectivity index (χ1) is 15.5. The summed E-state index contributed by atoms with van der Waals surface area (Å²) in [6, 6.07) is 22.4. The molecule has 3 rings (SSSR count). The van der Waals surface area contributed by atoms with Gasteiger partial charge in [-0.05, 0) is 67.8 Å². The molecule has 168 valence electrons. The Labute approximate surface area is 190 Å². The molecule has 0 amide bonds. The van der Waals surface area contributed by atoms with Gasteiger partial charge in [0.2, 0.25) is 0 Å². The van der Waals surface area contributed by atoms with Crippen LogP contribution < -0.4 is 9.47 Å². The number of benzene rings is 3. The Bertz CT molecular complexity index is 965. The molecule has 3 unspecified atom stereocenters. The Morgan fingerprint density at radius 2 is 1.47 bits per heavy atom. The summed E-state index contributed by atoms with van der Waals surface area (Å²) >= 11 is 0. The first-order valence-electron chi connectivity index (χ1n) is 10.8. The van der Waals surface area contributed by atoms with Crippen LogP contribution in [0.3, 0.4) is 0 Å². The van der Waals surface area contributed by atoms with E-state index in [1.165, 1.54) is 17.7 Å². The van der Waals surface area contributed by atoms with Crippen LogP contribution in [-0.2, 0) is 17.8 Å². The van der Waals surface area contributed by atoms with Crippen molar-refractivity contribution in [2.24, 2.45) is 5.92 Å². The fraction of sp³-hybridized carbons (Fsp3) is 0.286. The molecule has 0 heterocycles. The summed E-state index contributed by atoms with van der Waals surface area (Å²) in [4.78, 5) is 0. The normalized spacial score (nSPS) is 13.8. The van der Waals surface area contributed by atoms with E-state index in [0.29, 0.717) is 13.0 Å². The minimum absolute atomic E-state index is 0.0162. The van der Waals surface area contributed by atoms with Crippen LogP contribution in [0.2, 0.25) is 0 Å². The van der Waals surface area contributed by atoms with Gasteiger partial charge >= 0.3 is 0 Å². The summed E-state index contributed by atoms with van der Waals surface area (Å²) in [6.45, 7) is 8.58. The third kappa shape index (κ3) is 6.69. The highest BCUT2D eigenvalue weighted by Crippen LogP contribution is 2.26. The largest absolute Gasteiger partial charge is 0.497 e. The van der Waals surface area contributed by atoms with Crippen molar-refractivity contribution < 1.29 is 18.6 Å². The molecular weight excluding hydrogens is 403 g/mol. The summed E-state index contributed by atoms with van der Waals surface area (Å²) in [7, 11) is 1.65. The lowest BCUT2D eigenvalue weighted by Crippen LogP contribution is -2.36. The third-order valence-electron chi connectivity index (χ3n) is 5.61. The Balaban J connectivity index is 1.76. The molecule has 3 atom stereocenters. The summed E-state index contributed by atoms with van der Waals surface area (Å²) in [6.07, 6.45) is 2.10. The standard InChI is InChI=1S/C28H31FO3/c1-5-28(32-26-14-6-20(2)7-15-26)27(18-22-8-12-24(29)13-9-22)21(3)31-19-23-10-16-25(30-4)17-11-23/h5-17,21,27-28H,1,18-19H2,2-4H3. The quantitative estimate of drug-likeness (QED) is 0.321. The van der Waals surface area contributed by atoms with E-state index >= 15 is 0 Å². The molecule has 3 aromatic carbocycles. The average Bonchev–Trinajstić information content (AvgIpc) is 2.82. The zero-order valence-corrected chi connectivity index (χ0v) is 19.0. The van der Waals surface area contributed by atoms with Gasteiger partial charge < -0.3 is 14.2 Å². The molecule has 0 aliphatic heterocycles. The fourth-order valence-electron chi connectivity index (χ4n) is 3.60. The molecule has 0 aliphatic rings. The first kappa shape index (κ1) is 23.6. The lowest BCUT2D eigenvalue weighted by atomic mass is 9.89. The smallest absolute Gasteiger partial charge is 0.123 e. The van der Waals surface area contributed by atoms with Crippen LogP contribution in [0.5, 0.6) is 11.5 Å². The van der Waals surface area contributed by atoms with Gasteiger partial charge in [-0.3, -0.25) is 0 Å². The molecule has 0 radical (unpaired) electrons. The lowest BCUT2D eigenvalue weighted by molar-refractivity contribution is -0.0160. The zero-order valence-electron chi connectivity index (χ0n) is 19.0. The molecular formula is C28H31FO3. The predicted octanol–water partition coefficient (Wildman–Crippen LogP) is 6.54. The minimum atomic E-state index is -0.270. The van der Waals surface area contributed by atoms with Gasteiger partial charge in [0.05, 0.1) is 19.8 Å². The van der Waals surface area contributed by atoms with Gasteiger partial charge in [-0.25, -0.2) is 4.39 Å². The molecule has 0 N–H and O–H groups in total. The Kier molecular flexibility index (Phi) is 8.46. The monoisotopic (exact) mass is 434 g/mol. The van der Waals surface area contributed by atoms with E-state index in [1.54, 1.807) is 7.11 Å². The van der Waals surface area contributed by atoms with E-state index < -0.39 is 0 Å². The van der Waals surface area contributed by atoms with Crippen LogP contribution in [0, 0.1) is 18.7 Å². The first-order valence-corrected chi connectivity index (χ1v) is 10.8. The highest BCUT2D eigenvalue weighted by molar-refractivity contribution is 5.28. The summed E-state index contributed by atoms with van der Waals surface area (Å²) in [5.41, 5.74) is 3.26. The second-order valence-electron chi connectivity index (χ2n) is 7.99. The van der Waals surface area contributed by atoms with Gasteiger partial charge in [-0.15, -0.1) is 0 Å². The number of hydrogen-bond donors (Lipinski definition) is 0. The molecule has 0 fully saturated rings. The van der Waals surface area contributed by atoms with Crippen molar-refractivity contribution >= 4 is 0 Å². The van der Waals surface area contributed by atoms with Crippen molar-refractivity contribution in [3.63, 3.8) is 0 Å². The van der Waals surface area contributed by atoms with E-state index in [-0.39, 0.29) is 23.9 Å². The van der Waals surface area contributed by atoms with E-state index in [1.807, 2.05) is 80.6 Å². The van der Waals surface area contributed by atoms with Gasteiger partial charge in [-0.2, -0.15) is 0 Å². The van der Waals surface area contributed by atoms with Crippen molar-refractivity contribution in [1.29, 1.82) is 0 Å². The molecule has 0 aliphatic carbocycles. The zero-order chi connectivity index (χ0) is 22.9. The molecule has 0 saturated heterocycles. The second kappa shape index (κ2) is 11.5. The minimum Gasteiger partial charge on any atom is -0.497 e. The number of ether oxygens (including phenoxy) is 3. The number of halogens is 1. The molecule has 4 heteroatoms. The molecule has 32 heavy (non-hydrogen) atoms. The lowest BCUT2D eigenvalue weighted by Gasteiger charge is -2.31. The number of aryl methyl sites for hydroxylation is 1. The predicted molar refractivity (Wildman–Crippen MR) is 127 cm³/mol. The van der Waals surface area contributed by atoms with Crippen molar-refractivity contribution in [3.8, 4) is 11.5 Å². The van der Waals surface area contributed by atoms with Crippen LogP contribution >= 0.6 is 0 Å². The molecule has 0 saturated carbocycles. The van der Waals surface area contributed by atoms with Gasteiger partial charge in [0.25, 0.3) is 0 Å². The Hall–Kier alpha value is -3.11. The van der Waals surface area contributed by atoms with Gasteiger partial charge in [0.1, 0.15) is 23.4 Å². The number of rotatable bonds is 11. The van der Waals surface area contributed by atoms with Crippen molar-refractivity contribution in [3.05, 3.63) is 108 Å². The topological polar surface area (TPSA) is 27.7 Å². The Morgan fingerprint density at radius 3 is 2.06 bits per heavy atom. The average molecular weight is 435 g/mol. The maximum atomic E-state index is 13.4. The van der Waals surface area contributed by atoms with Crippen LogP contribution in [-0.4, -0.2) is 19.3 Å². The maximum absolute atomic E-state index is 13.4. The maximum Gasteiger partial charge on any atom is 0.123 e. The number of hydrogen-bond acceptors (Lipinski definition) is 3. The molecule has 0 aromatic heterocycles. The van der Waals surface area contributed by atoms with Crippen LogP contribution in [0.15, 0.2) is 85.5 Å². The van der Waals surface area contributed by atoms with E-state index in [2.05, 4.69) is 6.58 Å². The summed E-state index contributed by atoms with van der Waals surface area (Å²) in [5.74, 6) is 1.34. The highest BCUT2D eigenvalue weighted by atomic mass is 19.1. The molecule has 0 spiro atoms. The van der Waals surface area contributed by atoms with Gasteiger partial charge in [0.15, 0.2) is 0 Å². The van der Waals surface area contributed by atoms with E-state index in [0.717, 1.165) is 22.6 Å². The molecule has 3 aromatic rings. The van der Waals surface area contributed by atoms with Crippen molar-refractivity contribution in [2.45, 2.75) is 39.1 Å². The van der Waals surface area contributed by atoms with Gasteiger partial charge in [-0.1, -0.05) is 54.6 Å². The van der Waals surface area contributed by atoms with Crippen LogP contribution in [0.25, 0.3) is 0 Å². The fourth-order valence-corrected chi connectivity index (χ4v) is 3.60. The van der Waals surface area contributed by atoms with Crippen molar-refractivity contribution in [1.82, 2.24) is 0 Å². The van der Waals surface area contributed by atoms with Gasteiger partial charge in [0, 0.05) is 5.92 Å². The van der Waals surface area contributed by atoms with Crippen molar-refractivity contribution in [2.75, 3.05) is 7.11 Å². The second-order valence-corrected chi connectivity index (χ2v) is 7.99.